The molecule has 4 amide bonds. The Hall–Kier alpha value is -2.37. The number of aryl methyl sites for hydroxylation is 1. The molecule has 0 unspecified atom stereocenters. The third kappa shape index (κ3) is 3.35. The molecule has 0 spiro atoms. The number of benzene rings is 1. The Kier molecular flexibility index (Phi) is 4.68. The molecule has 0 radical (unpaired) electrons. The minimum absolute atomic E-state index is 0.0673. The van der Waals surface area contributed by atoms with E-state index in [-0.39, 0.29) is 29.8 Å². The monoisotopic (exact) mass is 423 g/mol. The Morgan fingerprint density at radius 2 is 1.65 bits per heavy atom. The number of nitrogens with one attached hydrogen (secondary N) is 2. The summed E-state index contributed by atoms with van der Waals surface area (Å²) >= 11 is 0. The van der Waals surface area contributed by atoms with Crippen molar-refractivity contribution in [1.29, 1.82) is 0 Å². The number of carbonyl (C=O) groups excluding carboxylic acids is 3. The molecule has 6 heteroatoms. The molecule has 6 rings (SSSR count). The average molecular weight is 424 g/mol. The molecule has 5 fully saturated rings. The molecule has 2 atom stereocenters. The molecule has 6 nitrogen and oxygen atoms in total. The van der Waals surface area contributed by atoms with Gasteiger partial charge in [-0.25, -0.2) is 4.79 Å². The first kappa shape index (κ1) is 20.5. The zero-order valence-electron chi connectivity index (χ0n) is 18.7. The number of rotatable bonds is 5. The predicted octanol–water partition coefficient (Wildman–Crippen LogP) is 3.48. The molecule has 4 aliphatic carbocycles. The lowest BCUT2D eigenvalue weighted by Crippen LogP contribution is -2.57. The van der Waals surface area contributed by atoms with E-state index in [1.807, 2.05) is 31.2 Å². The van der Waals surface area contributed by atoms with Crippen molar-refractivity contribution in [3.8, 4) is 0 Å². The van der Waals surface area contributed by atoms with Crippen molar-refractivity contribution < 1.29 is 14.4 Å². The van der Waals surface area contributed by atoms with Crippen molar-refractivity contribution in [2.45, 2.75) is 70.9 Å². The largest absolute Gasteiger partial charge is 0.352 e. The van der Waals surface area contributed by atoms with Crippen LogP contribution in [0.1, 0.15) is 63.5 Å². The minimum atomic E-state index is -1.14. The first-order valence-electron chi connectivity index (χ1n) is 11.7. The van der Waals surface area contributed by atoms with Crippen molar-refractivity contribution in [3.05, 3.63) is 35.4 Å². The van der Waals surface area contributed by atoms with Crippen LogP contribution in [0, 0.1) is 30.1 Å². The van der Waals surface area contributed by atoms with Crippen molar-refractivity contribution in [1.82, 2.24) is 15.5 Å². The fourth-order valence-corrected chi connectivity index (χ4v) is 7.21. The molecule has 2 N–H and O–H groups in total. The molecule has 5 aliphatic rings. The van der Waals surface area contributed by atoms with Gasteiger partial charge in [0, 0.05) is 6.04 Å². The van der Waals surface area contributed by atoms with Gasteiger partial charge in [-0.1, -0.05) is 29.8 Å². The van der Waals surface area contributed by atoms with E-state index in [1.54, 1.807) is 6.92 Å². The maximum Gasteiger partial charge on any atom is 0.325 e. The van der Waals surface area contributed by atoms with Crippen LogP contribution in [0.25, 0.3) is 0 Å². The summed E-state index contributed by atoms with van der Waals surface area (Å²) in [6, 6.07) is 7.10. The molecule has 166 valence electrons. The van der Waals surface area contributed by atoms with Crippen molar-refractivity contribution in [2.75, 3.05) is 6.54 Å². The Labute approximate surface area is 184 Å². The lowest BCUT2D eigenvalue weighted by Gasteiger charge is -2.59. The van der Waals surface area contributed by atoms with E-state index in [9.17, 15) is 14.4 Å². The summed E-state index contributed by atoms with van der Waals surface area (Å²) < 4.78 is 0. The molecular formula is C25H33N3O3. The van der Waals surface area contributed by atoms with Crippen LogP contribution in [0.5, 0.6) is 0 Å². The van der Waals surface area contributed by atoms with E-state index < -0.39 is 11.6 Å². The lowest BCUT2D eigenvalue weighted by molar-refractivity contribution is -0.136. The van der Waals surface area contributed by atoms with E-state index in [0.717, 1.165) is 33.8 Å². The second-order valence-electron chi connectivity index (χ2n) is 10.9. The van der Waals surface area contributed by atoms with Gasteiger partial charge in [-0.05, 0) is 88.0 Å². The molecule has 1 heterocycles. The van der Waals surface area contributed by atoms with Crippen molar-refractivity contribution in [2.24, 2.45) is 23.2 Å². The zero-order valence-corrected chi connectivity index (χ0v) is 18.7. The minimum Gasteiger partial charge on any atom is -0.352 e. The highest BCUT2D eigenvalue weighted by atomic mass is 16.2. The summed E-state index contributed by atoms with van der Waals surface area (Å²) in [7, 11) is 0. The van der Waals surface area contributed by atoms with E-state index in [0.29, 0.717) is 0 Å². The molecular weight excluding hydrogens is 390 g/mol. The molecule has 4 saturated carbocycles. The number of urea groups is 1. The summed E-state index contributed by atoms with van der Waals surface area (Å²) in [6.07, 6.45) is 7.69. The zero-order chi connectivity index (χ0) is 22.0. The highest BCUT2D eigenvalue weighted by Crippen LogP contribution is 2.61. The van der Waals surface area contributed by atoms with Crippen LogP contribution >= 0.6 is 0 Å². The lowest BCUT2D eigenvalue weighted by atomic mass is 9.48. The third-order valence-electron chi connectivity index (χ3n) is 8.59. The smallest absolute Gasteiger partial charge is 0.325 e. The second-order valence-corrected chi connectivity index (χ2v) is 10.9. The second kappa shape index (κ2) is 7.07. The average Bonchev–Trinajstić information content (AvgIpc) is 2.91. The van der Waals surface area contributed by atoms with Crippen LogP contribution in [-0.4, -0.2) is 35.3 Å². The van der Waals surface area contributed by atoms with Crippen LogP contribution in [-0.2, 0) is 15.1 Å². The van der Waals surface area contributed by atoms with Crippen LogP contribution in [0.15, 0.2) is 24.3 Å². The molecule has 31 heavy (non-hydrogen) atoms. The summed E-state index contributed by atoms with van der Waals surface area (Å²) in [5.74, 6) is 1.81. The van der Waals surface area contributed by atoms with Crippen LogP contribution < -0.4 is 10.6 Å². The van der Waals surface area contributed by atoms with Crippen LogP contribution in [0.2, 0.25) is 0 Å². The number of carbonyl (C=O) groups is 3. The highest BCUT2D eigenvalue weighted by Gasteiger charge is 2.54. The topological polar surface area (TPSA) is 78.5 Å². The molecule has 0 aromatic heterocycles. The third-order valence-corrected chi connectivity index (χ3v) is 8.59. The molecule has 1 aromatic carbocycles. The van der Waals surface area contributed by atoms with Crippen LogP contribution in [0.4, 0.5) is 4.79 Å². The van der Waals surface area contributed by atoms with E-state index in [1.165, 1.54) is 38.5 Å². The van der Waals surface area contributed by atoms with Gasteiger partial charge in [0.2, 0.25) is 5.91 Å². The van der Waals surface area contributed by atoms with Gasteiger partial charge < -0.3 is 10.6 Å². The van der Waals surface area contributed by atoms with Gasteiger partial charge in [-0.2, -0.15) is 0 Å². The SMILES string of the molecule is Cc1ccc([C@@]2(C)NC(=O)N(CC(=O)N[C@H](C)C34CC5CC(CC(C5)C3)C4)C2=O)cc1. The van der Waals surface area contributed by atoms with Gasteiger partial charge in [0.25, 0.3) is 5.91 Å². The van der Waals surface area contributed by atoms with E-state index in [4.69, 9.17) is 0 Å². The number of hydrogen-bond acceptors (Lipinski definition) is 3. The summed E-state index contributed by atoms with van der Waals surface area (Å²) in [6.45, 7) is 5.56. The molecule has 1 saturated heterocycles. The van der Waals surface area contributed by atoms with Crippen LogP contribution in [0.3, 0.4) is 0 Å². The van der Waals surface area contributed by atoms with Gasteiger partial charge in [0.05, 0.1) is 0 Å². The van der Waals surface area contributed by atoms with Gasteiger partial charge in [0.15, 0.2) is 0 Å². The quantitative estimate of drug-likeness (QED) is 0.712. The Morgan fingerprint density at radius 1 is 1.10 bits per heavy atom. The van der Waals surface area contributed by atoms with Crippen molar-refractivity contribution in [3.63, 3.8) is 0 Å². The standard InChI is InChI=1S/C25H33N3O3/c1-15-4-6-20(7-5-15)24(3)22(30)28(23(31)27-24)14-21(29)26-16(2)25-11-17-8-18(12-25)10-19(9-17)13-25/h4-7,16-19H,8-14H2,1-3H3,(H,26,29)(H,27,31)/t16-,17?,18?,19?,24-,25?/m1/s1. The Balaban J connectivity index is 1.26. The fraction of sp³-hybridized carbons (Fsp3) is 0.640. The maximum absolute atomic E-state index is 13.1. The normalized spacial score (nSPS) is 37.1. The van der Waals surface area contributed by atoms with Gasteiger partial charge in [-0.3, -0.25) is 14.5 Å². The van der Waals surface area contributed by atoms with Crippen molar-refractivity contribution >= 4 is 17.8 Å². The summed E-state index contributed by atoms with van der Waals surface area (Å²) in [4.78, 5) is 39.7. The molecule has 1 aromatic rings. The van der Waals surface area contributed by atoms with Gasteiger partial charge in [0.1, 0.15) is 12.1 Å². The first-order chi connectivity index (χ1) is 14.7. The predicted molar refractivity (Wildman–Crippen MR) is 117 cm³/mol. The number of amides is 4. The highest BCUT2D eigenvalue weighted by molar-refractivity contribution is 6.09. The number of imide groups is 1. The summed E-state index contributed by atoms with van der Waals surface area (Å²) in [5, 5.41) is 5.96. The Bertz CT molecular complexity index is 889. The molecule has 4 bridgehead atoms. The van der Waals surface area contributed by atoms with E-state index in [2.05, 4.69) is 17.6 Å². The summed E-state index contributed by atoms with van der Waals surface area (Å²) in [5.41, 5.74) is 0.856. The number of nitrogens with zero attached hydrogens (tertiary/aromatic N) is 1. The first-order valence-corrected chi connectivity index (χ1v) is 11.7. The van der Waals surface area contributed by atoms with Gasteiger partial charge in [-0.15, -0.1) is 0 Å². The van der Waals surface area contributed by atoms with E-state index >= 15 is 0 Å². The maximum atomic E-state index is 13.1. The Morgan fingerprint density at radius 3 is 2.19 bits per heavy atom. The number of hydrogen-bond donors (Lipinski definition) is 2. The van der Waals surface area contributed by atoms with Gasteiger partial charge >= 0.3 is 6.03 Å². The fourth-order valence-electron chi connectivity index (χ4n) is 7.21. The molecule has 1 aliphatic heterocycles.